The number of benzene rings is 1. The minimum atomic E-state index is -0.788. The average molecular weight is 181 g/mol. The van der Waals surface area contributed by atoms with Crippen LogP contribution in [0.5, 0.6) is 5.75 Å². The zero-order valence-electron chi connectivity index (χ0n) is 7.91. The van der Waals surface area contributed by atoms with Crippen molar-refractivity contribution in [3.8, 4) is 5.75 Å². The molecule has 0 amide bonds. The Hall–Kier alpha value is -1.06. The van der Waals surface area contributed by atoms with Gasteiger partial charge >= 0.3 is 0 Å². The Labute approximate surface area is 77.8 Å². The summed E-state index contributed by atoms with van der Waals surface area (Å²) in [4.78, 5) is 0. The van der Waals surface area contributed by atoms with Gasteiger partial charge in [0.25, 0.3) is 0 Å². The Morgan fingerprint density at radius 2 is 2.00 bits per heavy atom. The summed E-state index contributed by atoms with van der Waals surface area (Å²) in [7, 11) is 0. The molecule has 0 saturated heterocycles. The van der Waals surface area contributed by atoms with E-state index in [9.17, 15) is 5.11 Å². The Morgan fingerprint density at radius 3 is 2.46 bits per heavy atom. The van der Waals surface area contributed by atoms with Crippen LogP contribution in [0.15, 0.2) is 18.2 Å². The topological polar surface area (TPSA) is 66.5 Å². The molecule has 0 spiro atoms. The Morgan fingerprint density at radius 1 is 1.38 bits per heavy atom. The van der Waals surface area contributed by atoms with Gasteiger partial charge in [-0.25, -0.2) is 0 Å². The van der Waals surface area contributed by atoms with Crippen LogP contribution < -0.4 is 5.73 Å². The fourth-order valence-corrected chi connectivity index (χ4v) is 1.18. The first kappa shape index (κ1) is 10.0. The van der Waals surface area contributed by atoms with Gasteiger partial charge in [-0.1, -0.05) is 6.07 Å². The van der Waals surface area contributed by atoms with E-state index in [0.717, 1.165) is 11.1 Å². The molecule has 1 aromatic rings. The van der Waals surface area contributed by atoms with E-state index in [-0.39, 0.29) is 12.4 Å². The zero-order chi connectivity index (χ0) is 10.1. The molecule has 3 nitrogen and oxygen atoms in total. The predicted molar refractivity (Wildman–Crippen MR) is 51.5 cm³/mol. The van der Waals surface area contributed by atoms with Crippen LogP contribution in [-0.4, -0.2) is 16.8 Å². The highest BCUT2D eigenvalue weighted by Gasteiger charge is 2.20. The largest absolute Gasteiger partial charge is 0.508 e. The van der Waals surface area contributed by atoms with Crippen LogP contribution in [0.1, 0.15) is 18.1 Å². The molecule has 0 aliphatic heterocycles. The van der Waals surface area contributed by atoms with Crippen LogP contribution in [-0.2, 0) is 5.54 Å². The summed E-state index contributed by atoms with van der Waals surface area (Å²) < 4.78 is 0. The first-order valence-corrected chi connectivity index (χ1v) is 4.16. The van der Waals surface area contributed by atoms with Crippen LogP contribution in [0.25, 0.3) is 0 Å². The zero-order valence-corrected chi connectivity index (χ0v) is 7.91. The van der Waals surface area contributed by atoms with Gasteiger partial charge in [0, 0.05) is 0 Å². The van der Waals surface area contributed by atoms with E-state index in [2.05, 4.69) is 0 Å². The molecule has 4 N–H and O–H groups in total. The average Bonchev–Trinajstić information content (AvgIpc) is 2.02. The van der Waals surface area contributed by atoms with E-state index in [1.54, 1.807) is 19.1 Å². The van der Waals surface area contributed by atoms with E-state index < -0.39 is 5.54 Å². The molecule has 72 valence electrons. The lowest BCUT2D eigenvalue weighted by Gasteiger charge is -2.22. The van der Waals surface area contributed by atoms with Crippen molar-refractivity contribution in [2.45, 2.75) is 19.4 Å². The summed E-state index contributed by atoms with van der Waals surface area (Å²) in [5.74, 6) is 0.181. The number of nitrogens with two attached hydrogens (primary N) is 1. The summed E-state index contributed by atoms with van der Waals surface area (Å²) in [5.41, 5.74) is 6.70. The van der Waals surface area contributed by atoms with E-state index in [1.807, 2.05) is 13.0 Å². The monoisotopic (exact) mass is 181 g/mol. The molecular weight excluding hydrogens is 166 g/mol. The smallest absolute Gasteiger partial charge is 0.116 e. The molecule has 0 aliphatic rings. The molecule has 1 aromatic carbocycles. The van der Waals surface area contributed by atoms with Crippen molar-refractivity contribution in [2.24, 2.45) is 5.73 Å². The summed E-state index contributed by atoms with van der Waals surface area (Å²) in [5, 5.41) is 18.3. The lowest BCUT2D eigenvalue weighted by Crippen LogP contribution is -2.36. The van der Waals surface area contributed by atoms with Crippen LogP contribution in [0.2, 0.25) is 0 Å². The summed E-state index contributed by atoms with van der Waals surface area (Å²) in [6.45, 7) is 3.45. The number of aromatic hydroxyl groups is 1. The molecule has 1 atom stereocenters. The minimum Gasteiger partial charge on any atom is -0.508 e. The second-order valence-electron chi connectivity index (χ2n) is 3.63. The molecule has 3 heteroatoms. The second-order valence-corrected chi connectivity index (χ2v) is 3.63. The van der Waals surface area contributed by atoms with Crippen LogP contribution in [0.3, 0.4) is 0 Å². The highest BCUT2D eigenvalue weighted by molar-refractivity contribution is 5.36. The van der Waals surface area contributed by atoms with Crippen molar-refractivity contribution in [1.82, 2.24) is 0 Å². The molecule has 0 aliphatic carbocycles. The first-order valence-electron chi connectivity index (χ1n) is 4.16. The van der Waals surface area contributed by atoms with Crippen molar-refractivity contribution >= 4 is 0 Å². The normalized spacial score (nSPS) is 15.4. The molecule has 0 heterocycles. The molecule has 0 radical (unpaired) electrons. The van der Waals surface area contributed by atoms with Gasteiger partial charge < -0.3 is 15.9 Å². The maximum atomic E-state index is 9.32. The minimum absolute atomic E-state index is 0.143. The second kappa shape index (κ2) is 3.36. The number of aliphatic hydroxyl groups excluding tert-OH is 1. The number of phenols is 1. The number of rotatable bonds is 2. The number of aliphatic hydroxyl groups is 1. The SMILES string of the molecule is Cc1cc(O)cc([C@@](C)(N)CO)c1. The quantitative estimate of drug-likeness (QED) is 0.634. The van der Waals surface area contributed by atoms with Gasteiger partial charge in [0.15, 0.2) is 0 Å². The standard InChI is InChI=1S/C10H15NO2/c1-7-3-8(5-9(13)4-7)10(2,11)6-12/h3-5,12-13H,6,11H2,1-2H3/t10-/m0/s1. The highest BCUT2D eigenvalue weighted by atomic mass is 16.3. The Bertz CT molecular complexity index is 288. The molecule has 0 bridgehead atoms. The number of phenolic OH excluding ortho intramolecular Hbond substituents is 1. The molecule has 1 rings (SSSR count). The molecule has 13 heavy (non-hydrogen) atoms. The number of hydrogen-bond acceptors (Lipinski definition) is 3. The highest BCUT2D eigenvalue weighted by Crippen LogP contribution is 2.23. The fraction of sp³-hybridized carbons (Fsp3) is 0.400. The van der Waals surface area contributed by atoms with Crippen molar-refractivity contribution in [3.63, 3.8) is 0 Å². The lowest BCUT2D eigenvalue weighted by molar-refractivity contribution is 0.210. The molecule has 0 fully saturated rings. The van der Waals surface area contributed by atoms with Gasteiger partial charge in [-0.2, -0.15) is 0 Å². The summed E-state index contributed by atoms with van der Waals surface area (Å²) in [6, 6.07) is 5.08. The van der Waals surface area contributed by atoms with Gasteiger partial charge in [-0.3, -0.25) is 0 Å². The van der Waals surface area contributed by atoms with Crippen molar-refractivity contribution in [2.75, 3.05) is 6.61 Å². The van der Waals surface area contributed by atoms with Crippen molar-refractivity contribution < 1.29 is 10.2 Å². The Balaban J connectivity index is 3.15. The summed E-state index contributed by atoms with van der Waals surface area (Å²) in [6.07, 6.45) is 0. The lowest BCUT2D eigenvalue weighted by atomic mass is 9.93. The Kier molecular flexibility index (Phi) is 2.59. The van der Waals surface area contributed by atoms with Crippen molar-refractivity contribution in [3.05, 3.63) is 29.3 Å². The van der Waals surface area contributed by atoms with Crippen LogP contribution in [0.4, 0.5) is 0 Å². The molecular formula is C10H15NO2. The van der Waals surface area contributed by atoms with E-state index in [1.165, 1.54) is 0 Å². The third-order valence-electron chi connectivity index (χ3n) is 2.05. The van der Waals surface area contributed by atoms with Crippen LogP contribution >= 0.6 is 0 Å². The van der Waals surface area contributed by atoms with Crippen molar-refractivity contribution in [1.29, 1.82) is 0 Å². The van der Waals surface area contributed by atoms with E-state index in [0.29, 0.717) is 0 Å². The molecule has 0 aromatic heterocycles. The first-order chi connectivity index (χ1) is 5.95. The van der Waals surface area contributed by atoms with E-state index in [4.69, 9.17) is 10.8 Å². The third kappa shape index (κ3) is 2.20. The van der Waals surface area contributed by atoms with E-state index >= 15 is 0 Å². The van der Waals surface area contributed by atoms with Gasteiger partial charge in [-0.05, 0) is 37.1 Å². The van der Waals surface area contributed by atoms with Gasteiger partial charge in [-0.15, -0.1) is 0 Å². The number of aryl methyl sites for hydroxylation is 1. The predicted octanol–water partition coefficient (Wildman–Crippen LogP) is 0.867. The molecule has 0 saturated carbocycles. The maximum absolute atomic E-state index is 9.32. The van der Waals surface area contributed by atoms with Gasteiger partial charge in [0.2, 0.25) is 0 Å². The van der Waals surface area contributed by atoms with Crippen LogP contribution in [0, 0.1) is 6.92 Å². The molecule has 0 unspecified atom stereocenters. The maximum Gasteiger partial charge on any atom is 0.116 e. The number of hydrogen-bond donors (Lipinski definition) is 3. The summed E-state index contributed by atoms with van der Waals surface area (Å²) >= 11 is 0. The fourth-order valence-electron chi connectivity index (χ4n) is 1.18. The van der Waals surface area contributed by atoms with Gasteiger partial charge in [0.05, 0.1) is 12.1 Å². The third-order valence-corrected chi connectivity index (χ3v) is 2.05. The van der Waals surface area contributed by atoms with Gasteiger partial charge in [0.1, 0.15) is 5.75 Å².